The molecule has 0 radical (unpaired) electrons. The van der Waals surface area contributed by atoms with Gasteiger partial charge in [0.15, 0.2) is 0 Å². The first-order valence-electron chi connectivity index (χ1n) is 8.26. The minimum absolute atomic E-state index is 0.0799. The van der Waals surface area contributed by atoms with Gasteiger partial charge in [-0.2, -0.15) is 0 Å². The van der Waals surface area contributed by atoms with E-state index in [1.165, 1.54) is 7.11 Å². The number of esters is 1. The van der Waals surface area contributed by atoms with E-state index in [1.54, 1.807) is 18.2 Å². The number of likely N-dealkylation sites (tertiary alicyclic amines) is 1. The summed E-state index contributed by atoms with van der Waals surface area (Å²) in [7, 11) is 1.42. The lowest BCUT2D eigenvalue weighted by molar-refractivity contribution is -0.145. The van der Waals surface area contributed by atoms with Crippen LogP contribution in [0, 0.1) is 5.92 Å². The lowest BCUT2D eigenvalue weighted by atomic mass is 9.89. The van der Waals surface area contributed by atoms with Gasteiger partial charge in [-0.1, -0.05) is 42.5 Å². The van der Waals surface area contributed by atoms with Gasteiger partial charge >= 0.3 is 11.9 Å². The molecule has 1 fully saturated rings. The molecule has 2 atom stereocenters. The number of rotatable bonds is 5. The molecule has 1 saturated heterocycles. The number of methoxy groups -OCH3 is 1. The number of hydrogen-bond acceptors (Lipinski definition) is 4. The third kappa shape index (κ3) is 3.88. The highest BCUT2D eigenvalue weighted by Gasteiger charge is 2.39. The summed E-state index contributed by atoms with van der Waals surface area (Å²) < 4.78 is 4.99. The Morgan fingerprint density at radius 2 is 1.88 bits per heavy atom. The minimum Gasteiger partial charge on any atom is -0.478 e. The summed E-state index contributed by atoms with van der Waals surface area (Å²) in [5.41, 5.74) is 2.33. The van der Waals surface area contributed by atoms with Crippen molar-refractivity contribution in [2.75, 3.05) is 20.2 Å². The highest BCUT2D eigenvalue weighted by molar-refractivity contribution is 5.87. The maximum absolute atomic E-state index is 12.2. The molecule has 0 bridgehead atoms. The molecule has 3 rings (SSSR count). The lowest BCUT2D eigenvalue weighted by Crippen LogP contribution is -2.24. The van der Waals surface area contributed by atoms with Crippen LogP contribution in [0.5, 0.6) is 0 Å². The van der Waals surface area contributed by atoms with Crippen LogP contribution in [0.2, 0.25) is 0 Å². The average molecular weight is 339 g/mol. The van der Waals surface area contributed by atoms with Gasteiger partial charge < -0.3 is 9.84 Å². The van der Waals surface area contributed by atoms with Gasteiger partial charge in [-0.15, -0.1) is 0 Å². The summed E-state index contributed by atoms with van der Waals surface area (Å²) in [5.74, 6) is -1.26. The van der Waals surface area contributed by atoms with E-state index >= 15 is 0 Å². The van der Waals surface area contributed by atoms with Gasteiger partial charge in [-0.05, 0) is 23.3 Å². The van der Waals surface area contributed by atoms with Crippen molar-refractivity contribution in [2.24, 2.45) is 5.92 Å². The van der Waals surface area contributed by atoms with Gasteiger partial charge in [0.2, 0.25) is 0 Å². The second-order valence-electron chi connectivity index (χ2n) is 6.35. The maximum Gasteiger partial charge on any atom is 0.335 e. The summed E-state index contributed by atoms with van der Waals surface area (Å²) in [6.45, 7) is 1.95. The van der Waals surface area contributed by atoms with Crippen molar-refractivity contribution in [3.63, 3.8) is 0 Å². The Morgan fingerprint density at radius 3 is 2.56 bits per heavy atom. The molecule has 1 heterocycles. The van der Waals surface area contributed by atoms with Crippen LogP contribution in [0.25, 0.3) is 0 Å². The van der Waals surface area contributed by atoms with Crippen molar-refractivity contribution in [1.29, 1.82) is 0 Å². The molecule has 0 amide bonds. The average Bonchev–Trinajstić information content (AvgIpc) is 3.05. The van der Waals surface area contributed by atoms with Gasteiger partial charge in [0.1, 0.15) is 0 Å². The van der Waals surface area contributed by atoms with Gasteiger partial charge in [0.25, 0.3) is 0 Å². The van der Waals surface area contributed by atoms with Crippen molar-refractivity contribution in [1.82, 2.24) is 4.90 Å². The van der Waals surface area contributed by atoms with Crippen molar-refractivity contribution in [3.8, 4) is 0 Å². The Hall–Kier alpha value is -2.66. The number of benzene rings is 2. The first kappa shape index (κ1) is 17.2. The van der Waals surface area contributed by atoms with Crippen molar-refractivity contribution < 1.29 is 19.4 Å². The number of carbonyl (C=O) groups is 2. The van der Waals surface area contributed by atoms with Crippen molar-refractivity contribution in [3.05, 3.63) is 71.3 Å². The third-order valence-corrected chi connectivity index (χ3v) is 4.71. The molecule has 1 aliphatic rings. The highest BCUT2D eigenvalue weighted by atomic mass is 16.5. The molecule has 5 nitrogen and oxygen atoms in total. The first-order chi connectivity index (χ1) is 12.1. The van der Waals surface area contributed by atoms with E-state index in [4.69, 9.17) is 9.84 Å². The Bertz CT molecular complexity index is 759. The number of carboxylic acid groups (broad SMARTS) is 1. The zero-order valence-corrected chi connectivity index (χ0v) is 14.1. The van der Waals surface area contributed by atoms with E-state index in [0.29, 0.717) is 13.1 Å². The van der Waals surface area contributed by atoms with Crippen LogP contribution in [0.4, 0.5) is 0 Å². The van der Waals surface area contributed by atoms with Gasteiger partial charge in [-0.25, -0.2) is 4.79 Å². The predicted molar refractivity (Wildman–Crippen MR) is 93.4 cm³/mol. The zero-order chi connectivity index (χ0) is 17.8. The molecule has 2 unspecified atom stereocenters. The molecule has 1 aliphatic heterocycles. The Labute approximate surface area is 146 Å². The van der Waals surface area contributed by atoms with E-state index in [9.17, 15) is 9.59 Å². The molecule has 25 heavy (non-hydrogen) atoms. The van der Waals surface area contributed by atoms with Crippen LogP contribution in [0.3, 0.4) is 0 Å². The van der Waals surface area contributed by atoms with Crippen LogP contribution >= 0.6 is 0 Å². The van der Waals surface area contributed by atoms with Gasteiger partial charge in [0, 0.05) is 25.6 Å². The number of ether oxygens (including phenoxy) is 1. The van der Waals surface area contributed by atoms with Gasteiger partial charge in [0.05, 0.1) is 18.6 Å². The smallest absolute Gasteiger partial charge is 0.335 e. The van der Waals surface area contributed by atoms with E-state index in [-0.39, 0.29) is 23.4 Å². The van der Waals surface area contributed by atoms with Gasteiger partial charge in [-0.3, -0.25) is 9.69 Å². The molecular formula is C20H21NO4. The van der Waals surface area contributed by atoms with Crippen LogP contribution in [0.15, 0.2) is 54.6 Å². The second kappa shape index (κ2) is 7.49. The number of carboxylic acids is 1. The lowest BCUT2D eigenvalue weighted by Gasteiger charge is -2.16. The van der Waals surface area contributed by atoms with Crippen molar-refractivity contribution in [2.45, 2.75) is 12.5 Å². The van der Waals surface area contributed by atoms with E-state index in [2.05, 4.69) is 4.90 Å². The SMILES string of the molecule is COC(=O)C1CN(Cc2cccc(C(=O)O)c2)CC1c1ccccc1. The summed E-state index contributed by atoms with van der Waals surface area (Å²) in [6.07, 6.45) is 0. The number of aromatic carboxylic acids is 1. The summed E-state index contributed by atoms with van der Waals surface area (Å²) in [6, 6.07) is 16.9. The predicted octanol–water partition coefficient (Wildman–Crippen LogP) is 2.77. The zero-order valence-electron chi connectivity index (χ0n) is 14.1. The highest BCUT2D eigenvalue weighted by Crippen LogP contribution is 2.34. The largest absolute Gasteiger partial charge is 0.478 e. The third-order valence-electron chi connectivity index (χ3n) is 4.71. The van der Waals surface area contributed by atoms with E-state index in [1.807, 2.05) is 36.4 Å². The fraction of sp³-hybridized carbons (Fsp3) is 0.300. The standard InChI is InChI=1S/C20H21NO4/c1-25-20(24)18-13-21(12-17(18)15-7-3-2-4-8-15)11-14-6-5-9-16(10-14)19(22)23/h2-10,17-18H,11-13H2,1H3,(H,22,23). The monoisotopic (exact) mass is 339 g/mol. The van der Waals surface area contributed by atoms with Crippen LogP contribution < -0.4 is 0 Å². The topological polar surface area (TPSA) is 66.8 Å². The normalized spacial score (nSPS) is 20.4. The molecule has 130 valence electrons. The Kier molecular flexibility index (Phi) is 5.14. The molecule has 5 heteroatoms. The fourth-order valence-electron chi connectivity index (χ4n) is 3.50. The number of carbonyl (C=O) groups excluding carboxylic acids is 1. The Morgan fingerprint density at radius 1 is 1.12 bits per heavy atom. The van der Waals surface area contributed by atoms with Crippen LogP contribution in [-0.4, -0.2) is 42.1 Å². The fourth-order valence-corrected chi connectivity index (χ4v) is 3.50. The molecule has 0 spiro atoms. The molecule has 0 aliphatic carbocycles. The van der Waals surface area contributed by atoms with Crippen molar-refractivity contribution >= 4 is 11.9 Å². The number of hydrogen-bond donors (Lipinski definition) is 1. The molecule has 0 aromatic heterocycles. The van der Waals surface area contributed by atoms with E-state index < -0.39 is 5.97 Å². The molecular weight excluding hydrogens is 318 g/mol. The summed E-state index contributed by atoms with van der Waals surface area (Å²) in [5, 5.41) is 9.13. The molecule has 2 aromatic carbocycles. The quantitative estimate of drug-likeness (QED) is 0.849. The molecule has 1 N–H and O–H groups in total. The second-order valence-corrected chi connectivity index (χ2v) is 6.35. The maximum atomic E-state index is 12.2. The first-order valence-corrected chi connectivity index (χ1v) is 8.26. The summed E-state index contributed by atoms with van der Waals surface area (Å²) in [4.78, 5) is 25.5. The van der Waals surface area contributed by atoms with Crippen LogP contribution in [-0.2, 0) is 16.1 Å². The molecule has 2 aromatic rings. The molecule has 0 saturated carbocycles. The number of nitrogens with zero attached hydrogens (tertiary/aromatic N) is 1. The summed E-state index contributed by atoms with van der Waals surface area (Å²) >= 11 is 0. The minimum atomic E-state index is -0.933. The van der Waals surface area contributed by atoms with E-state index in [0.717, 1.165) is 17.7 Å². The van der Waals surface area contributed by atoms with Crippen LogP contribution in [0.1, 0.15) is 27.4 Å². The Balaban J connectivity index is 1.79.